The first kappa shape index (κ1) is 11.9. The largest absolute Gasteiger partial charge is 0.463 e. The summed E-state index contributed by atoms with van der Waals surface area (Å²) < 4.78 is 13.4. The molecule has 1 N–H and O–H groups in total. The van der Waals surface area contributed by atoms with Gasteiger partial charge in [0.2, 0.25) is 5.13 Å². The minimum absolute atomic E-state index is 0.0554. The lowest BCUT2D eigenvalue weighted by molar-refractivity contribution is -0.124. The highest BCUT2D eigenvalue weighted by Gasteiger charge is 2.24. The Labute approximate surface area is 101 Å². The van der Waals surface area contributed by atoms with Crippen molar-refractivity contribution in [3.05, 3.63) is 5.82 Å². The zero-order valence-electron chi connectivity index (χ0n) is 9.13. The van der Waals surface area contributed by atoms with E-state index in [1.165, 1.54) is 7.11 Å². The number of anilines is 1. The molecule has 1 saturated heterocycles. The van der Waals surface area contributed by atoms with Crippen molar-refractivity contribution in [3.63, 3.8) is 0 Å². The third kappa shape index (κ3) is 2.77. The van der Waals surface area contributed by atoms with Gasteiger partial charge in [-0.25, -0.2) is 4.79 Å². The Morgan fingerprint density at radius 3 is 3.06 bits per heavy atom. The molecule has 2 rings (SSSR count). The van der Waals surface area contributed by atoms with Gasteiger partial charge in [0.15, 0.2) is 0 Å². The molecule has 0 spiro atoms. The Kier molecular flexibility index (Phi) is 3.64. The molecule has 1 aromatic rings. The SMILES string of the molecule is COC(=O)c1nsc(NC(=O)C2CCCO2)n1. The monoisotopic (exact) mass is 257 g/mol. The molecule has 1 aliphatic rings. The number of aromatic nitrogens is 2. The fourth-order valence-corrected chi connectivity index (χ4v) is 1.98. The smallest absolute Gasteiger partial charge is 0.377 e. The second kappa shape index (κ2) is 5.19. The van der Waals surface area contributed by atoms with Gasteiger partial charge in [-0.2, -0.15) is 9.36 Å². The lowest BCUT2D eigenvalue weighted by Crippen LogP contribution is -2.26. The molecule has 1 atom stereocenters. The van der Waals surface area contributed by atoms with Crippen LogP contribution in [0.25, 0.3) is 0 Å². The number of carbonyl (C=O) groups is 2. The van der Waals surface area contributed by atoms with Gasteiger partial charge in [-0.15, -0.1) is 0 Å². The molecule has 1 amide bonds. The number of nitrogens with one attached hydrogen (secondary N) is 1. The molecule has 92 valence electrons. The maximum atomic E-state index is 11.6. The van der Waals surface area contributed by atoms with Crippen LogP contribution in [0.15, 0.2) is 0 Å². The second-order valence-corrected chi connectivity index (χ2v) is 4.16. The normalized spacial score (nSPS) is 19.0. The Balaban J connectivity index is 1.96. The number of carbonyl (C=O) groups excluding carboxylic acids is 2. The van der Waals surface area contributed by atoms with Crippen molar-refractivity contribution in [1.82, 2.24) is 9.36 Å². The molecule has 0 bridgehead atoms. The number of nitrogens with zero attached hydrogens (tertiary/aromatic N) is 2. The van der Waals surface area contributed by atoms with Crippen molar-refractivity contribution in [2.45, 2.75) is 18.9 Å². The Morgan fingerprint density at radius 2 is 2.41 bits per heavy atom. The molecule has 0 aromatic carbocycles. The molecule has 17 heavy (non-hydrogen) atoms. The van der Waals surface area contributed by atoms with Gasteiger partial charge < -0.3 is 9.47 Å². The van der Waals surface area contributed by atoms with E-state index in [1.807, 2.05) is 0 Å². The highest BCUT2D eigenvalue weighted by Crippen LogP contribution is 2.16. The van der Waals surface area contributed by atoms with Crippen molar-refractivity contribution in [2.75, 3.05) is 19.0 Å². The summed E-state index contributed by atoms with van der Waals surface area (Å²) in [5.74, 6) is -0.936. The molecular formula is C9H11N3O4S. The Morgan fingerprint density at radius 1 is 1.59 bits per heavy atom. The summed E-state index contributed by atoms with van der Waals surface area (Å²) in [7, 11) is 1.24. The molecular weight excluding hydrogens is 246 g/mol. The molecule has 1 aliphatic heterocycles. The predicted octanol–water partition coefficient (Wildman–Crippen LogP) is 0.442. The minimum atomic E-state index is -0.626. The summed E-state index contributed by atoms with van der Waals surface area (Å²) in [5, 5.41) is 2.83. The van der Waals surface area contributed by atoms with E-state index >= 15 is 0 Å². The van der Waals surface area contributed by atoms with Crippen molar-refractivity contribution in [3.8, 4) is 0 Å². The number of hydrogen-bond donors (Lipinski definition) is 1. The maximum absolute atomic E-state index is 11.6. The molecule has 0 aliphatic carbocycles. The van der Waals surface area contributed by atoms with E-state index in [0.29, 0.717) is 13.0 Å². The highest BCUT2D eigenvalue weighted by molar-refractivity contribution is 7.10. The topological polar surface area (TPSA) is 90.4 Å². The first-order chi connectivity index (χ1) is 8.20. The van der Waals surface area contributed by atoms with E-state index in [2.05, 4.69) is 19.4 Å². The number of hydrogen-bond acceptors (Lipinski definition) is 7. The van der Waals surface area contributed by atoms with Gasteiger partial charge in [0.1, 0.15) is 6.10 Å². The summed E-state index contributed by atoms with van der Waals surface area (Å²) in [6.07, 6.45) is 1.15. The average Bonchev–Trinajstić information content (AvgIpc) is 2.98. The van der Waals surface area contributed by atoms with Gasteiger partial charge in [0.25, 0.3) is 11.7 Å². The molecule has 7 nitrogen and oxygen atoms in total. The van der Waals surface area contributed by atoms with Crippen LogP contribution >= 0.6 is 11.5 Å². The van der Waals surface area contributed by atoms with E-state index < -0.39 is 12.1 Å². The Bertz CT molecular complexity index is 428. The van der Waals surface area contributed by atoms with Gasteiger partial charge in [-0.3, -0.25) is 10.1 Å². The van der Waals surface area contributed by atoms with Crippen LogP contribution in [0.2, 0.25) is 0 Å². The minimum Gasteiger partial charge on any atom is -0.463 e. The van der Waals surface area contributed by atoms with Crippen LogP contribution in [0.1, 0.15) is 23.5 Å². The van der Waals surface area contributed by atoms with Gasteiger partial charge in [-0.1, -0.05) is 0 Å². The molecule has 0 radical (unpaired) electrons. The average molecular weight is 257 g/mol. The highest BCUT2D eigenvalue weighted by atomic mass is 32.1. The van der Waals surface area contributed by atoms with Gasteiger partial charge in [0.05, 0.1) is 7.11 Å². The van der Waals surface area contributed by atoms with Crippen LogP contribution in [0.4, 0.5) is 5.13 Å². The third-order valence-electron chi connectivity index (χ3n) is 2.25. The number of esters is 1. The zero-order valence-corrected chi connectivity index (χ0v) is 9.95. The molecule has 1 unspecified atom stereocenters. The quantitative estimate of drug-likeness (QED) is 0.790. The van der Waals surface area contributed by atoms with Gasteiger partial charge in [-0.05, 0) is 12.8 Å². The van der Waals surface area contributed by atoms with Crippen molar-refractivity contribution < 1.29 is 19.1 Å². The first-order valence-corrected chi connectivity index (χ1v) is 5.82. The van der Waals surface area contributed by atoms with Gasteiger partial charge in [0, 0.05) is 18.1 Å². The number of amides is 1. The summed E-state index contributed by atoms with van der Waals surface area (Å²) in [6, 6.07) is 0. The van der Waals surface area contributed by atoms with Crippen LogP contribution in [0.3, 0.4) is 0 Å². The molecule has 1 fully saturated rings. The second-order valence-electron chi connectivity index (χ2n) is 3.41. The van der Waals surface area contributed by atoms with E-state index in [4.69, 9.17) is 4.74 Å². The summed E-state index contributed by atoms with van der Waals surface area (Å²) in [5.41, 5.74) is 0. The van der Waals surface area contributed by atoms with E-state index in [1.54, 1.807) is 0 Å². The van der Waals surface area contributed by atoms with Gasteiger partial charge >= 0.3 is 5.97 Å². The van der Waals surface area contributed by atoms with E-state index in [-0.39, 0.29) is 16.9 Å². The van der Waals surface area contributed by atoms with E-state index in [0.717, 1.165) is 18.0 Å². The van der Waals surface area contributed by atoms with Crippen LogP contribution in [0.5, 0.6) is 0 Å². The molecule has 0 saturated carbocycles. The number of ether oxygens (including phenoxy) is 2. The fraction of sp³-hybridized carbons (Fsp3) is 0.556. The third-order valence-corrected chi connectivity index (χ3v) is 2.88. The lowest BCUT2D eigenvalue weighted by Gasteiger charge is -2.06. The number of methoxy groups -OCH3 is 1. The fourth-order valence-electron chi connectivity index (χ4n) is 1.42. The van der Waals surface area contributed by atoms with Crippen LogP contribution in [-0.2, 0) is 14.3 Å². The van der Waals surface area contributed by atoms with Crippen LogP contribution in [-0.4, -0.2) is 41.1 Å². The predicted molar refractivity (Wildman–Crippen MR) is 58.9 cm³/mol. The standard InChI is InChI=1S/C9H11N3O4S/c1-15-8(14)6-10-9(17-12-6)11-7(13)5-3-2-4-16-5/h5H,2-4H2,1H3,(H,10,11,12,13). The van der Waals surface area contributed by atoms with E-state index in [9.17, 15) is 9.59 Å². The maximum Gasteiger partial charge on any atom is 0.377 e. The molecule has 2 heterocycles. The van der Waals surface area contributed by atoms with Crippen LogP contribution < -0.4 is 5.32 Å². The van der Waals surface area contributed by atoms with Crippen LogP contribution in [0, 0.1) is 0 Å². The summed E-state index contributed by atoms with van der Waals surface area (Å²) in [4.78, 5) is 26.6. The summed E-state index contributed by atoms with van der Waals surface area (Å²) in [6.45, 7) is 0.599. The zero-order chi connectivity index (χ0) is 12.3. The Hall–Kier alpha value is -1.54. The van der Waals surface area contributed by atoms with Crippen molar-refractivity contribution >= 4 is 28.5 Å². The van der Waals surface area contributed by atoms with Crippen molar-refractivity contribution in [1.29, 1.82) is 0 Å². The van der Waals surface area contributed by atoms with Crippen molar-refractivity contribution in [2.24, 2.45) is 0 Å². The molecule has 1 aromatic heterocycles. The molecule has 8 heteroatoms. The lowest BCUT2D eigenvalue weighted by atomic mass is 10.2. The summed E-state index contributed by atoms with van der Waals surface area (Å²) >= 11 is 0.931. The first-order valence-electron chi connectivity index (χ1n) is 5.05. The number of rotatable bonds is 3.